The van der Waals surface area contributed by atoms with E-state index in [4.69, 9.17) is 4.74 Å². The summed E-state index contributed by atoms with van der Waals surface area (Å²) < 4.78 is 7.65. The summed E-state index contributed by atoms with van der Waals surface area (Å²) in [6.45, 7) is 3.12. The highest BCUT2D eigenvalue weighted by atomic mass is 16.5. The first-order valence-corrected chi connectivity index (χ1v) is 7.63. The van der Waals surface area contributed by atoms with Crippen LogP contribution in [-0.4, -0.2) is 27.0 Å². The van der Waals surface area contributed by atoms with Gasteiger partial charge in [-0.1, -0.05) is 6.07 Å². The molecule has 0 atom stereocenters. The maximum atomic E-state index is 12.2. The fourth-order valence-corrected chi connectivity index (χ4v) is 2.16. The van der Waals surface area contributed by atoms with E-state index < -0.39 is 0 Å². The van der Waals surface area contributed by atoms with Crippen molar-refractivity contribution >= 4 is 11.6 Å². The van der Waals surface area contributed by atoms with Gasteiger partial charge in [-0.15, -0.1) is 0 Å². The second-order valence-corrected chi connectivity index (χ2v) is 5.32. The lowest BCUT2D eigenvalue weighted by atomic mass is 10.2. The Balaban J connectivity index is 1.58. The molecule has 0 fully saturated rings. The summed E-state index contributed by atoms with van der Waals surface area (Å²) in [4.78, 5) is 20.3. The molecule has 0 aliphatic rings. The van der Waals surface area contributed by atoms with Gasteiger partial charge in [0, 0.05) is 36.0 Å². The molecule has 0 saturated heterocycles. The number of ether oxygens (including phenoxy) is 1. The van der Waals surface area contributed by atoms with Crippen LogP contribution >= 0.6 is 0 Å². The molecular formula is C18H18N4O2. The molecule has 3 aromatic rings. The van der Waals surface area contributed by atoms with Crippen LogP contribution in [-0.2, 0) is 6.54 Å². The molecule has 1 amide bonds. The number of amides is 1. The van der Waals surface area contributed by atoms with E-state index in [1.54, 1.807) is 30.9 Å². The van der Waals surface area contributed by atoms with E-state index in [0.29, 0.717) is 30.2 Å². The summed E-state index contributed by atoms with van der Waals surface area (Å²) >= 11 is 0. The Bertz CT molecular complexity index is 798. The molecular weight excluding hydrogens is 304 g/mol. The number of nitrogens with zero attached hydrogens (tertiary/aromatic N) is 3. The van der Waals surface area contributed by atoms with Crippen LogP contribution in [0.2, 0.25) is 0 Å². The van der Waals surface area contributed by atoms with Crippen molar-refractivity contribution in [2.45, 2.75) is 13.5 Å². The number of hydrogen-bond acceptors (Lipinski definition) is 4. The lowest BCUT2D eigenvalue weighted by Gasteiger charge is -2.09. The van der Waals surface area contributed by atoms with Crippen LogP contribution in [0, 0.1) is 6.92 Å². The van der Waals surface area contributed by atoms with Crippen molar-refractivity contribution in [3.63, 3.8) is 0 Å². The minimum Gasteiger partial charge on any atom is -0.492 e. The molecule has 6 nitrogen and oxygen atoms in total. The number of aromatic nitrogens is 3. The lowest BCUT2D eigenvalue weighted by molar-refractivity contribution is 0.102. The van der Waals surface area contributed by atoms with Gasteiger partial charge in [0.1, 0.15) is 12.4 Å². The lowest BCUT2D eigenvalue weighted by Crippen LogP contribution is -2.12. The minimum absolute atomic E-state index is 0.196. The zero-order valence-corrected chi connectivity index (χ0v) is 13.3. The third-order valence-corrected chi connectivity index (χ3v) is 3.44. The number of aryl methyl sites for hydroxylation is 1. The average molecular weight is 322 g/mol. The maximum absolute atomic E-state index is 12.2. The first-order chi connectivity index (χ1) is 11.7. The standard InChI is InChI=1S/C18H18N4O2/c1-14-5-6-15(12-20-14)18(23)21-16-3-2-4-17(11-16)24-10-9-22-8-7-19-13-22/h2-8,11-13H,9-10H2,1H3,(H,21,23). The summed E-state index contributed by atoms with van der Waals surface area (Å²) in [5.41, 5.74) is 2.08. The Labute approximate surface area is 140 Å². The second-order valence-electron chi connectivity index (χ2n) is 5.32. The van der Waals surface area contributed by atoms with Crippen LogP contribution in [0.3, 0.4) is 0 Å². The largest absolute Gasteiger partial charge is 0.492 e. The third-order valence-electron chi connectivity index (χ3n) is 3.44. The average Bonchev–Trinajstić information content (AvgIpc) is 3.09. The van der Waals surface area contributed by atoms with E-state index in [-0.39, 0.29) is 5.91 Å². The highest BCUT2D eigenvalue weighted by Gasteiger charge is 2.07. The fraction of sp³-hybridized carbons (Fsp3) is 0.167. The van der Waals surface area contributed by atoms with Crippen molar-refractivity contribution in [2.75, 3.05) is 11.9 Å². The normalized spacial score (nSPS) is 10.4. The first kappa shape index (κ1) is 15.7. The van der Waals surface area contributed by atoms with Gasteiger partial charge in [0.2, 0.25) is 0 Å². The summed E-state index contributed by atoms with van der Waals surface area (Å²) in [6.07, 6.45) is 6.93. The number of carbonyl (C=O) groups is 1. The summed E-state index contributed by atoms with van der Waals surface area (Å²) in [5, 5.41) is 2.85. The van der Waals surface area contributed by atoms with E-state index in [1.165, 1.54) is 0 Å². The molecule has 2 aromatic heterocycles. The third kappa shape index (κ3) is 4.19. The fourth-order valence-electron chi connectivity index (χ4n) is 2.16. The Hall–Kier alpha value is -3.15. The van der Waals surface area contributed by atoms with Crippen LogP contribution in [0.4, 0.5) is 5.69 Å². The van der Waals surface area contributed by atoms with Crippen LogP contribution in [0.15, 0.2) is 61.3 Å². The van der Waals surface area contributed by atoms with Crippen LogP contribution in [0.25, 0.3) is 0 Å². The molecule has 0 bridgehead atoms. The van der Waals surface area contributed by atoms with Gasteiger partial charge in [0.25, 0.3) is 5.91 Å². The van der Waals surface area contributed by atoms with Crippen LogP contribution in [0.1, 0.15) is 16.1 Å². The van der Waals surface area contributed by atoms with E-state index in [9.17, 15) is 4.79 Å². The second kappa shape index (κ2) is 7.41. The highest BCUT2D eigenvalue weighted by Crippen LogP contribution is 2.18. The quantitative estimate of drug-likeness (QED) is 0.757. The van der Waals surface area contributed by atoms with Gasteiger partial charge in [-0.2, -0.15) is 0 Å². The molecule has 0 unspecified atom stereocenters. The van der Waals surface area contributed by atoms with Gasteiger partial charge >= 0.3 is 0 Å². The van der Waals surface area contributed by atoms with Crippen molar-refractivity contribution < 1.29 is 9.53 Å². The monoisotopic (exact) mass is 322 g/mol. The predicted molar refractivity (Wildman–Crippen MR) is 91.1 cm³/mol. The van der Waals surface area contributed by atoms with Gasteiger partial charge in [-0.25, -0.2) is 4.98 Å². The number of pyridine rings is 1. The molecule has 24 heavy (non-hydrogen) atoms. The van der Waals surface area contributed by atoms with Crippen LogP contribution in [0.5, 0.6) is 5.75 Å². The van der Waals surface area contributed by atoms with E-state index in [1.807, 2.05) is 42.0 Å². The Morgan fingerprint density at radius 2 is 2.21 bits per heavy atom. The summed E-state index contributed by atoms with van der Waals surface area (Å²) in [6, 6.07) is 10.9. The number of rotatable bonds is 6. The van der Waals surface area contributed by atoms with Gasteiger partial charge in [-0.05, 0) is 31.2 Å². The van der Waals surface area contributed by atoms with Crippen molar-refractivity contribution in [3.8, 4) is 5.75 Å². The minimum atomic E-state index is -0.196. The van der Waals surface area contributed by atoms with Gasteiger partial charge < -0.3 is 14.6 Å². The van der Waals surface area contributed by atoms with Gasteiger partial charge in [-0.3, -0.25) is 9.78 Å². The molecule has 3 rings (SSSR count). The Morgan fingerprint density at radius 1 is 1.29 bits per heavy atom. The van der Waals surface area contributed by atoms with Gasteiger partial charge in [0.05, 0.1) is 18.4 Å². The molecule has 1 aromatic carbocycles. The Kier molecular flexibility index (Phi) is 4.86. The zero-order valence-electron chi connectivity index (χ0n) is 13.3. The number of hydrogen-bond donors (Lipinski definition) is 1. The van der Waals surface area contributed by atoms with Crippen molar-refractivity contribution in [1.29, 1.82) is 0 Å². The smallest absolute Gasteiger partial charge is 0.257 e. The van der Waals surface area contributed by atoms with Gasteiger partial charge in [0.15, 0.2) is 0 Å². The molecule has 0 radical (unpaired) electrons. The van der Waals surface area contributed by atoms with E-state index in [2.05, 4.69) is 15.3 Å². The van der Waals surface area contributed by atoms with Crippen LogP contribution < -0.4 is 10.1 Å². The number of anilines is 1. The first-order valence-electron chi connectivity index (χ1n) is 7.63. The number of nitrogens with one attached hydrogen (secondary N) is 1. The Morgan fingerprint density at radius 3 is 2.96 bits per heavy atom. The number of benzene rings is 1. The molecule has 0 aliphatic heterocycles. The maximum Gasteiger partial charge on any atom is 0.257 e. The highest BCUT2D eigenvalue weighted by molar-refractivity contribution is 6.04. The van der Waals surface area contributed by atoms with Crippen molar-refractivity contribution in [1.82, 2.24) is 14.5 Å². The number of imidazole rings is 1. The zero-order chi connectivity index (χ0) is 16.8. The van der Waals surface area contributed by atoms with E-state index in [0.717, 1.165) is 5.69 Å². The molecule has 0 saturated carbocycles. The molecule has 2 heterocycles. The molecule has 1 N–H and O–H groups in total. The molecule has 122 valence electrons. The van der Waals surface area contributed by atoms with Crippen molar-refractivity contribution in [2.24, 2.45) is 0 Å². The van der Waals surface area contributed by atoms with E-state index >= 15 is 0 Å². The topological polar surface area (TPSA) is 69.0 Å². The SMILES string of the molecule is Cc1ccc(C(=O)Nc2cccc(OCCn3ccnc3)c2)cn1. The summed E-state index contributed by atoms with van der Waals surface area (Å²) in [7, 11) is 0. The molecule has 0 aliphatic carbocycles. The number of carbonyl (C=O) groups excluding carboxylic acids is 1. The molecule has 6 heteroatoms. The summed E-state index contributed by atoms with van der Waals surface area (Å²) in [5.74, 6) is 0.507. The predicted octanol–water partition coefficient (Wildman–Crippen LogP) is 2.92. The van der Waals surface area contributed by atoms with Crippen molar-refractivity contribution in [3.05, 3.63) is 72.6 Å². The molecule has 0 spiro atoms.